The van der Waals surface area contributed by atoms with Crippen molar-refractivity contribution in [1.29, 1.82) is 0 Å². The molecule has 0 fully saturated rings. The van der Waals surface area contributed by atoms with Gasteiger partial charge in [0.05, 0.1) is 20.3 Å². The lowest BCUT2D eigenvalue weighted by Gasteiger charge is -2.21. The van der Waals surface area contributed by atoms with E-state index in [1.807, 2.05) is 30.3 Å². The minimum absolute atomic E-state index is 0.0756. The van der Waals surface area contributed by atoms with Crippen LogP contribution in [-0.2, 0) is 17.9 Å². The van der Waals surface area contributed by atoms with Gasteiger partial charge in [0.15, 0.2) is 11.5 Å². The van der Waals surface area contributed by atoms with Crippen molar-refractivity contribution in [1.82, 2.24) is 5.32 Å². The van der Waals surface area contributed by atoms with E-state index in [1.165, 1.54) is 0 Å². The molecule has 0 bridgehead atoms. The Morgan fingerprint density at radius 3 is 2.32 bits per heavy atom. The number of ether oxygens (including phenoxy) is 3. The molecule has 0 heterocycles. The van der Waals surface area contributed by atoms with Gasteiger partial charge in [-0.2, -0.15) is 0 Å². The summed E-state index contributed by atoms with van der Waals surface area (Å²) >= 11 is 0. The smallest absolute Gasteiger partial charge is 0.161 e. The van der Waals surface area contributed by atoms with E-state index in [0.29, 0.717) is 19.8 Å². The maximum Gasteiger partial charge on any atom is 0.161 e. The number of nitrogens with one attached hydrogen (secondary N) is 1. The van der Waals surface area contributed by atoms with Crippen LogP contribution in [0.3, 0.4) is 0 Å². The Labute approximate surface area is 151 Å². The maximum atomic E-state index is 5.86. The van der Waals surface area contributed by atoms with E-state index in [9.17, 15) is 0 Å². The summed E-state index contributed by atoms with van der Waals surface area (Å²) in [5.74, 6) is 1.49. The molecule has 0 aliphatic heterocycles. The molecule has 25 heavy (non-hydrogen) atoms. The Balaban J connectivity index is 1.82. The summed E-state index contributed by atoms with van der Waals surface area (Å²) in [6.07, 6.45) is 0. The van der Waals surface area contributed by atoms with Gasteiger partial charge in [0, 0.05) is 12.1 Å². The molecular formula is C21H29NO3. The van der Waals surface area contributed by atoms with Gasteiger partial charge in [-0.3, -0.25) is 0 Å². The zero-order chi connectivity index (χ0) is 18.1. The molecule has 0 spiro atoms. The zero-order valence-electron chi connectivity index (χ0n) is 15.7. The summed E-state index contributed by atoms with van der Waals surface area (Å²) in [6, 6.07) is 16.1. The molecule has 0 atom stereocenters. The number of hydrogen-bond acceptors (Lipinski definition) is 4. The quantitative estimate of drug-likeness (QED) is 0.694. The number of methoxy groups -OCH3 is 1. The molecule has 0 unspecified atom stereocenters. The third-order valence-corrected chi connectivity index (χ3v) is 3.65. The molecule has 0 saturated heterocycles. The van der Waals surface area contributed by atoms with Crippen LogP contribution in [0.15, 0.2) is 48.5 Å². The van der Waals surface area contributed by atoms with Gasteiger partial charge >= 0.3 is 0 Å². The van der Waals surface area contributed by atoms with Crippen molar-refractivity contribution in [3.8, 4) is 11.5 Å². The fourth-order valence-electron chi connectivity index (χ4n) is 2.29. The van der Waals surface area contributed by atoms with Gasteiger partial charge in [0.2, 0.25) is 0 Å². The normalized spacial score (nSPS) is 11.4. The Kier molecular flexibility index (Phi) is 7.29. The molecule has 2 rings (SSSR count). The predicted molar refractivity (Wildman–Crippen MR) is 101 cm³/mol. The van der Waals surface area contributed by atoms with Gasteiger partial charge in [0.1, 0.15) is 6.61 Å². The Morgan fingerprint density at radius 2 is 1.64 bits per heavy atom. The average Bonchev–Trinajstić information content (AvgIpc) is 2.60. The van der Waals surface area contributed by atoms with E-state index in [0.717, 1.165) is 29.2 Å². The van der Waals surface area contributed by atoms with Crippen molar-refractivity contribution in [2.24, 2.45) is 0 Å². The van der Waals surface area contributed by atoms with E-state index in [-0.39, 0.29) is 5.54 Å². The first-order chi connectivity index (χ1) is 12.0. The minimum atomic E-state index is 0.0756. The minimum Gasteiger partial charge on any atom is -0.493 e. The highest BCUT2D eigenvalue weighted by molar-refractivity contribution is 5.43. The van der Waals surface area contributed by atoms with Crippen LogP contribution >= 0.6 is 0 Å². The van der Waals surface area contributed by atoms with E-state index < -0.39 is 0 Å². The topological polar surface area (TPSA) is 39.7 Å². The molecule has 136 valence electrons. The van der Waals surface area contributed by atoms with Gasteiger partial charge in [-0.15, -0.1) is 0 Å². The maximum absolute atomic E-state index is 5.86. The van der Waals surface area contributed by atoms with Crippen molar-refractivity contribution in [3.63, 3.8) is 0 Å². The van der Waals surface area contributed by atoms with E-state index >= 15 is 0 Å². The number of rotatable bonds is 9. The summed E-state index contributed by atoms with van der Waals surface area (Å²) < 4.78 is 16.9. The van der Waals surface area contributed by atoms with Crippen molar-refractivity contribution < 1.29 is 14.2 Å². The first-order valence-corrected chi connectivity index (χ1v) is 8.64. The fourth-order valence-corrected chi connectivity index (χ4v) is 2.29. The SMILES string of the molecule is COc1ccc(CNC(C)(C)C)cc1OCCOCc1ccccc1. The molecule has 0 aliphatic rings. The van der Waals surface area contributed by atoms with Gasteiger partial charge in [-0.05, 0) is 44.0 Å². The molecule has 0 amide bonds. The predicted octanol–water partition coefficient (Wildman–Crippen LogP) is 4.18. The summed E-state index contributed by atoms with van der Waals surface area (Å²) in [4.78, 5) is 0. The number of benzene rings is 2. The van der Waals surface area contributed by atoms with Crippen LogP contribution in [0, 0.1) is 0 Å². The Morgan fingerprint density at radius 1 is 0.880 bits per heavy atom. The second kappa shape index (κ2) is 9.44. The Bertz CT molecular complexity index is 635. The van der Waals surface area contributed by atoms with Crippen molar-refractivity contribution in [2.45, 2.75) is 39.5 Å². The summed E-state index contributed by atoms with van der Waals surface area (Å²) in [5.41, 5.74) is 2.40. The van der Waals surface area contributed by atoms with Gasteiger partial charge in [-0.25, -0.2) is 0 Å². The molecule has 1 N–H and O–H groups in total. The standard InChI is InChI=1S/C21H29NO3/c1-21(2,3)22-15-18-10-11-19(23-4)20(14-18)25-13-12-24-16-17-8-6-5-7-9-17/h5-11,14,22H,12-13,15-16H2,1-4H3. The third-order valence-electron chi connectivity index (χ3n) is 3.65. The first-order valence-electron chi connectivity index (χ1n) is 8.64. The largest absolute Gasteiger partial charge is 0.493 e. The van der Waals surface area contributed by atoms with Crippen LogP contribution in [0.1, 0.15) is 31.9 Å². The van der Waals surface area contributed by atoms with Crippen LogP contribution in [0.2, 0.25) is 0 Å². The molecule has 0 aliphatic carbocycles. The van der Waals surface area contributed by atoms with Gasteiger partial charge < -0.3 is 19.5 Å². The molecule has 2 aromatic rings. The monoisotopic (exact) mass is 343 g/mol. The second-order valence-electron chi connectivity index (χ2n) is 6.98. The van der Waals surface area contributed by atoms with Crippen LogP contribution in [0.5, 0.6) is 11.5 Å². The van der Waals surface area contributed by atoms with E-state index in [4.69, 9.17) is 14.2 Å². The van der Waals surface area contributed by atoms with Gasteiger partial charge in [-0.1, -0.05) is 36.4 Å². The fraction of sp³-hybridized carbons (Fsp3) is 0.429. The van der Waals surface area contributed by atoms with E-state index in [1.54, 1.807) is 7.11 Å². The number of hydrogen-bond donors (Lipinski definition) is 1. The molecule has 2 aromatic carbocycles. The average molecular weight is 343 g/mol. The van der Waals surface area contributed by atoms with Crippen molar-refractivity contribution >= 4 is 0 Å². The van der Waals surface area contributed by atoms with Gasteiger partial charge in [0.25, 0.3) is 0 Å². The van der Waals surface area contributed by atoms with E-state index in [2.05, 4.69) is 44.3 Å². The summed E-state index contributed by atoms with van der Waals surface area (Å²) in [5, 5.41) is 3.48. The molecule has 4 heteroatoms. The van der Waals surface area contributed by atoms with Crippen LogP contribution in [0.4, 0.5) is 0 Å². The lowest BCUT2D eigenvalue weighted by Crippen LogP contribution is -2.35. The highest BCUT2D eigenvalue weighted by atomic mass is 16.5. The second-order valence-corrected chi connectivity index (χ2v) is 6.98. The molecular weight excluding hydrogens is 314 g/mol. The van der Waals surface area contributed by atoms with Crippen LogP contribution < -0.4 is 14.8 Å². The van der Waals surface area contributed by atoms with Crippen molar-refractivity contribution in [3.05, 3.63) is 59.7 Å². The molecule has 4 nitrogen and oxygen atoms in total. The first kappa shape index (κ1) is 19.3. The summed E-state index contributed by atoms with van der Waals surface area (Å²) in [6.45, 7) is 8.85. The van der Waals surface area contributed by atoms with Crippen LogP contribution in [0.25, 0.3) is 0 Å². The molecule has 0 aromatic heterocycles. The van der Waals surface area contributed by atoms with Crippen molar-refractivity contribution in [2.75, 3.05) is 20.3 Å². The molecule has 0 saturated carbocycles. The highest BCUT2D eigenvalue weighted by Crippen LogP contribution is 2.28. The lowest BCUT2D eigenvalue weighted by atomic mass is 10.1. The third kappa shape index (κ3) is 7.16. The summed E-state index contributed by atoms with van der Waals surface area (Å²) in [7, 11) is 1.65. The molecule has 0 radical (unpaired) electrons. The zero-order valence-corrected chi connectivity index (χ0v) is 15.7. The highest BCUT2D eigenvalue weighted by Gasteiger charge is 2.10. The Hall–Kier alpha value is -2.04. The lowest BCUT2D eigenvalue weighted by molar-refractivity contribution is 0.0879. The van der Waals surface area contributed by atoms with Crippen LogP contribution in [-0.4, -0.2) is 25.9 Å².